The summed E-state index contributed by atoms with van der Waals surface area (Å²) in [6.07, 6.45) is 7.91. The van der Waals surface area contributed by atoms with Gasteiger partial charge in [-0.05, 0) is 60.2 Å². The van der Waals surface area contributed by atoms with E-state index in [0.717, 1.165) is 34.9 Å². The molecular formula is C21H26BrN7. The summed E-state index contributed by atoms with van der Waals surface area (Å²) >= 11 is 3.58. The van der Waals surface area contributed by atoms with E-state index in [0.29, 0.717) is 5.92 Å². The second kappa shape index (κ2) is 8.10. The lowest BCUT2D eigenvalue weighted by molar-refractivity contribution is 0.577. The largest absolute Gasteiger partial charge is 0.370 e. The molecule has 1 saturated carbocycles. The molecule has 0 bridgehead atoms. The van der Waals surface area contributed by atoms with Crippen LogP contribution in [0.4, 0.5) is 17.2 Å². The number of halogens is 1. The third-order valence-electron chi connectivity index (χ3n) is 5.62. The van der Waals surface area contributed by atoms with Crippen molar-refractivity contribution in [3.05, 3.63) is 46.3 Å². The van der Waals surface area contributed by atoms with Crippen LogP contribution in [0.1, 0.15) is 43.7 Å². The molecule has 1 aromatic carbocycles. The van der Waals surface area contributed by atoms with Crippen LogP contribution >= 0.6 is 15.9 Å². The van der Waals surface area contributed by atoms with E-state index >= 15 is 0 Å². The van der Waals surface area contributed by atoms with Gasteiger partial charge in [0, 0.05) is 37.0 Å². The highest BCUT2D eigenvalue weighted by Crippen LogP contribution is 2.39. The van der Waals surface area contributed by atoms with Gasteiger partial charge in [0.15, 0.2) is 12.1 Å². The summed E-state index contributed by atoms with van der Waals surface area (Å²) in [5.74, 6) is 2.31. The zero-order valence-electron chi connectivity index (χ0n) is 16.3. The van der Waals surface area contributed by atoms with Gasteiger partial charge in [0.2, 0.25) is 0 Å². The van der Waals surface area contributed by atoms with Crippen molar-refractivity contribution in [3.63, 3.8) is 0 Å². The summed E-state index contributed by atoms with van der Waals surface area (Å²) < 4.78 is 0.871. The minimum absolute atomic E-state index is 0.258. The lowest BCUT2D eigenvalue weighted by atomic mass is 10.1. The second-order valence-corrected chi connectivity index (χ2v) is 8.72. The third-order valence-corrected chi connectivity index (χ3v) is 6.22. The van der Waals surface area contributed by atoms with Gasteiger partial charge in [-0.3, -0.25) is 5.10 Å². The lowest BCUT2D eigenvalue weighted by Crippen LogP contribution is -2.40. The molecule has 8 heteroatoms. The number of nitrogens with zero attached hydrogens (tertiary/aromatic N) is 3. The molecule has 4 N–H and O–H groups in total. The third kappa shape index (κ3) is 4.27. The number of allylic oxidation sites excluding steroid dienone is 1. The molecule has 1 saturated heterocycles. The number of benzene rings is 1. The average molecular weight is 456 g/mol. The maximum atomic E-state index is 4.59. The smallest absolute Gasteiger partial charge is 0.195 e. The summed E-state index contributed by atoms with van der Waals surface area (Å²) in [6, 6.07) is 10.6. The van der Waals surface area contributed by atoms with Crippen molar-refractivity contribution in [2.24, 2.45) is 4.99 Å². The van der Waals surface area contributed by atoms with Crippen molar-refractivity contribution in [2.75, 3.05) is 28.6 Å². The van der Waals surface area contributed by atoms with Crippen LogP contribution in [-0.4, -0.2) is 35.8 Å². The van der Waals surface area contributed by atoms with Gasteiger partial charge < -0.3 is 20.9 Å². The predicted octanol–water partition coefficient (Wildman–Crippen LogP) is 4.32. The number of aliphatic imine (C=N–C) groups is 1. The number of aromatic amines is 1. The highest BCUT2D eigenvalue weighted by atomic mass is 79.9. The van der Waals surface area contributed by atoms with E-state index in [9.17, 15) is 0 Å². The molecule has 29 heavy (non-hydrogen) atoms. The molecular weight excluding hydrogens is 430 g/mol. The Hall–Kier alpha value is -2.48. The molecule has 2 aliphatic heterocycles. The van der Waals surface area contributed by atoms with Crippen molar-refractivity contribution in [1.82, 2.24) is 15.5 Å². The molecule has 3 aliphatic rings. The highest BCUT2D eigenvalue weighted by molar-refractivity contribution is 9.12. The van der Waals surface area contributed by atoms with Crippen LogP contribution in [0.15, 0.2) is 45.6 Å². The van der Waals surface area contributed by atoms with Crippen molar-refractivity contribution in [2.45, 2.75) is 44.3 Å². The van der Waals surface area contributed by atoms with Gasteiger partial charge in [-0.15, -0.1) is 0 Å². The van der Waals surface area contributed by atoms with Crippen LogP contribution in [0, 0.1) is 0 Å². The van der Waals surface area contributed by atoms with Gasteiger partial charge >= 0.3 is 0 Å². The monoisotopic (exact) mass is 455 g/mol. The number of aromatic nitrogens is 2. The molecule has 1 atom stereocenters. The molecule has 3 heterocycles. The van der Waals surface area contributed by atoms with Gasteiger partial charge in [0.05, 0.1) is 15.9 Å². The molecule has 0 amide bonds. The number of nitrogens with one attached hydrogen (secondary N) is 4. The Morgan fingerprint density at radius 2 is 1.93 bits per heavy atom. The fourth-order valence-electron chi connectivity index (χ4n) is 3.90. The number of anilines is 3. The number of hydrogen-bond acceptors (Lipinski definition) is 6. The Morgan fingerprint density at radius 1 is 1.10 bits per heavy atom. The maximum absolute atomic E-state index is 4.59. The van der Waals surface area contributed by atoms with E-state index in [1.54, 1.807) is 0 Å². The maximum Gasteiger partial charge on any atom is 0.195 e. The Labute approximate surface area is 179 Å². The molecule has 2 fully saturated rings. The SMILES string of the molecule is BrC1=C(Nc2cc(C3CC3)[nH]n2)NC(Nc2ccccc2N2CCCCC2)N=C1. The normalized spacial score (nSPS) is 21.8. The van der Waals surface area contributed by atoms with Crippen LogP contribution in [0.5, 0.6) is 0 Å². The first kappa shape index (κ1) is 18.5. The van der Waals surface area contributed by atoms with Gasteiger partial charge in [0.1, 0.15) is 5.82 Å². The minimum Gasteiger partial charge on any atom is -0.370 e. The predicted molar refractivity (Wildman–Crippen MR) is 122 cm³/mol. The van der Waals surface area contributed by atoms with E-state index in [4.69, 9.17) is 0 Å². The Balaban J connectivity index is 1.27. The molecule has 0 radical (unpaired) electrons. The van der Waals surface area contributed by atoms with Crippen molar-refractivity contribution >= 4 is 39.3 Å². The van der Waals surface area contributed by atoms with Crippen LogP contribution in [0.3, 0.4) is 0 Å². The number of para-hydroxylation sites is 2. The summed E-state index contributed by atoms with van der Waals surface area (Å²) in [6.45, 7) is 2.22. The first-order valence-corrected chi connectivity index (χ1v) is 11.2. The van der Waals surface area contributed by atoms with E-state index < -0.39 is 0 Å². The molecule has 1 aromatic heterocycles. The minimum atomic E-state index is -0.258. The van der Waals surface area contributed by atoms with Crippen molar-refractivity contribution in [3.8, 4) is 0 Å². The van der Waals surface area contributed by atoms with Crippen LogP contribution in [0.2, 0.25) is 0 Å². The van der Waals surface area contributed by atoms with E-state index in [1.807, 2.05) is 6.21 Å². The molecule has 152 valence electrons. The summed E-state index contributed by atoms with van der Waals surface area (Å²) in [5, 5.41) is 17.9. The molecule has 0 spiro atoms. The lowest BCUT2D eigenvalue weighted by Gasteiger charge is -2.32. The van der Waals surface area contributed by atoms with Crippen LogP contribution in [-0.2, 0) is 0 Å². The molecule has 2 aromatic rings. The summed E-state index contributed by atoms with van der Waals surface area (Å²) in [5.41, 5.74) is 3.55. The summed E-state index contributed by atoms with van der Waals surface area (Å²) in [7, 11) is 0. The standard InChI is InChI=1S/C21H26BrN7/c22-15-13-23-21(26-20(15)25-19-12-17(27-28-19)14-8-9-14)24-16-6-2-3-7-18(16)29-10-4-1-5-11-29/h2-3,6-7,12-14,21,24,26H,1,4-5,8-11H2,(H2,25,27,28). The van der Waals surface area contributed by atoms with E-state index in [2.05, 4.69) is 82.3 Å². The van der Waals surface area contributed by atoms with E-state index in [-0.39, 0.29) is 6.29 Å². The Morgan fingerprint density at radius 3 is 2.76 bits per heavy atom. The average Bonchev–Trinajstić information content (AvgIpc) is 3.50. The zero-order chi connectivity index (χ0) is 19.6. The first-order chi connectivity index (χ1) is 14.3. The molecule has 1 unspecified atom stereocenters. The van der Waals surface area contributed by atoms with E-state index in [1.165, 1.54) is 43.5 Å². The van der Waals surface area contributed by atoms with Gasteiger partial charge in [-0.25, -0.2) is 4.99 Å². The van der Waals surface area contributed by atoms with Gasteiger partial charge in [-0.1, -0.05) is 12.1 Å². The Kier molecular flexibility index (Phi) is 5.18. The van der Waals surface area contributed by atoms with Crippen LogP contribution < -0.4 is 20.9 Å². The van der Waals surface area contributed by atoms with Crippen LogP contribution in [0.25, 0.3) is 0 Å². The topological polar surface area (TPSA) is 80.4 Å². The number of hydrogen-bond donors (Lipinski definition) is 4. The van der Waals surface area contributed by atoms with Crippen molar-refractivity contribution in [1.29, 1.82) is 0 Å². The highest BCUT2D eigenvalue weighted by Gasteiger charge is 2.26. The van der Waals surface area contributed by atoms with Gasteiger partial charge in [-0.2, -0.15) is 5.10 Å². The second-order valence-electron chi connectivity index (χ2n) is 7.86. The first-order valence-electron chi connectivity index (χ1n) is 10.4. The number of H-pyrrole nitrogens is 1. The molecule has 1 aliphatic carbocycles. The molecule has 5 rings (SSSR count). The summed E-state index contributed by atoms with van der Waals surface area (Å²) in [4.78, 5) is 7.05. The molecule has 7 nitrogen and oxygen atoms in total. The number of rotatable bonds is 6. The number of piperidine rings is 1. The Bertz CT molecular complexity index is 925. The zero-order valence-corrected chi connectivity index (χ0v) is 17.9. The van der Waals surface area contributed by atoms with Crippen molar-refractivity contribution < 1.29 is 0 Å². The fraction of sp³-hybridized carbons (Fsp3) is 0.429. The van der Waals surface area contributed by atoms with Gasteiger partial charge in [0.25, 0.3) is 0 Å². The fourth-order valence-corrected chi connectivity index (χ4v) is 4.23. The quantitative estimate of drug-likeness (QED) is 0.521.